The van der Waals surface area contributed by atoms with E-state index in [-0.39, 0.29) is 18.3 Å². The van der Waals surface area contributed by atoms with E-state index in [1.165, 1.54) is 0 Å². The lowest BCUT2D eigenvalue weighted by Gasteiger charge is -2.16. The first kappa shape index (κ1) is 20.2. The molecule has 0 radical (unpaired) electrons. The van der Waals surface area contributed by atoms with E-state index in [2.05, 4.69) is 10.2 Å². The Morgan fingerprint density at radius 1 is 1.28 bits per heavy atom. The highest BCUT2D eigenvalue weighted by atomic mass is 16.9. The molecule has 0 saturated carbocycles. The molecule has 1 amide bonds. The van der Waals surface area contributed by atoms with Gasteiger partial charge in [-0.3, -0.25) is 0 Å². The zero-order chi connectivity index (χ0) is 18.8. The molecule has 1 aromatic rings. The van der Waals surface area contributed by atoms with E-state index >= 15 is 0 Å². The van der Waals surface area contributed by atoms with Crippen LogP contribution < -0.4 is 10.1 Å². The van der Waals surface area contributed by atoms with Crippen LogP contribution in [0, 0.1) is 16.0 Å². The van der Waals surface area contributed by atoms with E-state index < -0.39 is 23.2 Å². The number of nitrogens with one attached hydrogen (secondary N) is 1. The topological polar surface area (TPSA) is 128 Å². The highest BCUT2D eigenvalue weighted by Gasteiger charge is 2.22. The van der Waals surface area contributed by atoms with Crippen molar-refractivity contribution < 1.29 is 29.4 Å². The molecule has 0 fully saturated rings. The number of rotatable bonds is 10. The van der Waals surface area contributed by atoms with Crippen LogP contribution in [-0.2, 0) is 16.1 Å². The van der Waals surface area contributed by atoms with Gasteiger partial charge in [0, 0.05) is 0 Å². The summed E-state index contributed by atoms with van der Waals surface area (Å²) in [6.45, 7) is 3.73. The third-order valence-electron chi connectivity index (χ3n) is 3.24. The molecule has 25 heavy (non-hydrogen) atoms. The molecule has 1 atom stereocenters. The molecule has 9 heteroatoms. The second-order valence-electron chi connectivity index (χ2n) is 5.86. The number of carbonyl (C=O) groups excluding carboxylic acids is 1. The maximum Gasteiger partial charge on any atom is 0.413 e. The van der Waals surface area contributed by atoms with E-state index in [4.69, 9.17) is 9.84 Å². The van der Waals surface area contributed by atoms with E-state index in [1.807, 2.05) is 13.8 Å². The number of carboxylic acid groups (broad SMARTS) is 1. The monoisotopic (exact) mass is 354 g/mol. The van der Waals surface area contributed by atoms with Crippen LogP contribution in [0.15, 0.2) is 24.3 Å². The molecular weight excluding hydrogens is 332 g/mol. The van der Waals surface area contributed by atoms with Crippen molar-refractivity contribution in [1.29, 1.82) is 0 Å². The largest absolute Gasteiger partial charge is 0.480 e. The Balaban J connectivity index is 2.46. The van der Waals surface area contributed by atoms with E-state index in [1.54, 1.807) is 24.3 Å². The molecular formula is C16H22N2O7. The van der Waals surface area contributed by atoms with Crippen molar-refractivity contribution in [3.63, 3.8) is 0 Å². The zero-order valence-corrected chi connectivity index (χ0v) is 14.1. The summed E-state index contributed by atoms with van der Waals surface area (Å²) < 4.78 is 5.06. The number of hydrogen-bond donors (Lipinski definition) is 2. The summed E-state index contributed by atoms with van der Waals surface area (Å²) in [5, 5.41) is 20.6. The normalized spacial score (nSPS) is 11.6. The number of benzene rings is 1. The molecule has 0 heterocycles. The van der Waals surface area contributed by atoms with Gasteiger partial charge in [0.05, 0.1) is 6.61 Å². The number of hydrogen-bond acceptors (Lipinski definition) is 6. The van der Waals surface area contributed by atoms with Gasteiger partial charge >= 0.3 is 12.1 Å². The van der Waals surface area contributed by atoms with Gasteiger partial charge in [-0.15, -0.1) is 10.1 Å². The molecule has 0 bridgehead atoms. The van der Waals surface area contributed by atoms with Crippen molar-refractivity contribution >= 4 is 12.1 Å². The fourth-order valence-corrected chi connectivity index (χ4v) is 2.11. The Labute approximate surface area is 145 Å². The van der Waals surface area contributed by atoms with Crippen LogP contribution in [0.1, 0.15) is 32.3 Å². The summed E-state index contributed by atoms with van der Waals surface area (Å²) in [4.78, 5) is 37.2. The molecule has 0 spiro atoms. The van der Waals surface area contributed by atoms with Gasteiger partial charge in [-0.1, -0.05) is 26.0 Å². The number of ether oxygens (including phenoxy) is 1. The molecule has 0 aliphatic carbocycles. The highest BCUT2D eigenvalue weighted by Crippen LogP contribution is 2.14. The number of aryl methyl sites for hydroxylation is 1. The maximum absolute atomic E-state index is 11.8. The van der Waals surface area contributed by atoms with Gasteiger partial charge in [0.2, 0.25) is 0 Å². The fraction of sp³-hybridized carbons (Fsp3) is 0.500. The molecule has 1 aromatic carbocycles. The van der Waals surface area contributed by atoms with E-state index in [0.29, 0.717) is 19.3 Å². The Hall–Kier alpha value is -2.84. The molecule has 1 rings (SSSR count). The standard InChI is InChI=1S/C16H22N2O7/c1-11(2)10-14(15(19)20)17-16(21)25-13-7-5-12(6-8-13)4-3-9-24-18(22)23/h5-8,11,14H,3-4,9-10H2,1-2H3,(H,17,21)(H,19,20). The number of nitrogens with zero attached hydrogens (tertiary/aromatic N) is 1. The second-order valence-corrected chi connectivity index (χ2v) is 5.86. The van der Waals surface area contributed by atoms with Crippen LogP contribution in [0.25, 0.3) is 0 Å². The number of amides is 1. The minimum absolute atomic E-state index is 0.0140. The summed E-state index contributed by atoms with van der Waals surface area (Å²) in [7, 11) is 0. The highest BCUT2D eigenvalue weighted by molar-refractivity contribution is 5.80. The second kappa shape index (κ2) is 10.1. The third-order valence-corrected chi connectivity index (χ3v) is 3.24. The SMILES string of the molecule is CC(C)CC(NC(=O)Oc1ccc(CCCO[N+](=O)[O-])cc1)C(=O)O. The van der Waals surface area contributed by atoms with Crippen LogP contribution in [-0.4, -0.2) is 34.9 Å². The lowest BCUT2D eigenvalue weighted by molar-refractivity contribution is -0.757. The molecule has 0 aliphatic rings. The Morgan fingerprint density at radius 2 is 1.92 bits per heavy atom. The lowest BCUT2D eigenvalue weighted by atomic mass is 10.0. The quantitative estimate of drug-likeness (QED) is 0.375. The smallest absolute Gasteiger partial charge is 0.413 e. The summed E-state index contributed by atoms with van der Waals surface area (Å²) in [6.07, 6.45) is 0.530. The molecule has 9 nitrogen and oxygen atoms in total. The zero-order valence-electron chi connectivity index (χ0n) is 14.1. The van der Waals surface area contributed by atoms with Crippen LogP contribution in [0.4, 0.5) is 4.79 Å². The number of aliphatic carboxylic acids is 1. The lowest BCUT2D eigenvalue weighted by Crippen LogP contribution is -2.43. The van der Waals surface area contributed by atoms with Crippen molar-refractivity contribution in [3.8, 4) is 5.75 Å². The summed E-state index contributed by atoms with van der Waals surface area (Å²) >= 11 is 0. The third kappa shape index (κ3) is 8.54. The number of carboxylic acids is 1. The Kier molecular flexibility index (Phi) is 8.17. The maximum atomic E-state index is 11.8. The molecule has 1 unspecified atom stereocenters. The van der Waals surface area contributed by atoms with Crippen LogP contribution in [0.3, 0.4) is 0 Å². The average molecular weight is 354 g/mol. The van der Waals surface area contributed by atoms with Crippen molar-refractivity contribution in [1.82, 2.24) is 5.32 Å². The fourth-order valence-electron chi connectivity index (χ4n) is 2.11. The van der Waals surface area contributed by atoms with Gasteiger partial charge in [-0.2, -0.15) is 0 Å². The first-order chi connectivity index (χ1) is 11.8. The first-order valence-electron chi connectivity index (χ1n) is 7.85. The first-order valence-corrected chi connectivity index (χ1v) is 7.85. The van der Waals surface area contributed by atoms with Crippen LogP contribution in [0.2, 0.25) is 0 Å². The molecule has 0 saturated heterocycles. The van der Waals surface area contributed by atoms with Crippen molar-refractivity contribution in [3.05, 3.63) is 39.9 Å². The van der Waals surface area contributed by atoms with E-state index in [9.17, 15) is 19.7 Å². The average Bonchev–Trinajstić information content (AvgIpc) is 2.51. The predicted octanol–water partition coefficient (Wildman–Crippen LogP) is 2.42. The van der Waals surface area contributed by atoms with Gasteiger partial charge in [-0.05, 0) is 42.9 Å². The van der Waals surface area contributed by atoms with Crippen molar-refractivity contribution in [2.75, 3.05) is 6.61 Å². The summed E-state index contributed by atoms with van der Waals surface area (Å²) in [6, 6.07) is 5.58. The van der Waals surface area contributed by atoms with Gasteiger partial charge in [0.1, 0.15) is 11.8 Å². The molecule has 0 aromatic heterocycles. The Morgan fingerprint density at radius 3 is 2.44 bits per heavy atom. The Bertz CT molecular complexity index is 587. The predicted molar refractivity (Wildman–Crippen MR) is 87.7 cm³/mol. The minimum atomic E-state index is -1.11. The molecule has 0 aliphatic heterocycles. The molecule has 138 valence electrons. The van der Waals surface area contributed by atoms with Gasteiger partial charge in [0.25, 0.3) is 5.09 Å². The van der Waals surface area contributed by atoms with Crippen LogP contribution in [0.5, 0.6) is 5.75 Å². The van der Waals surface area contributed by atoms with E-state index in [0.717, 1.165) is 5.56 Å². The van der Waals surface area contributed by atoms with Gasteiger partial charge in [0.15, 0.2) is 0 Å². The van der Waals surface area contributed by atoms with Gasteiger partial charge in [-0.25, -0.2) is 9.59 Å². The van der Waals surface area contributed by atoms with Crippen molar-refractivity contribution in [2.45, 2.75) is 39.2 Å². The minimum Gasteiger partial charge on any atom is -0.480 e. The number of carbonyl (C=O) groups is 2. The summed E-state index contributed by atoms with van der Waals surface area (Å²) in [5.74, 6) is -0.727. The van der Waals surface area contributed by atoms with Crippen molar-refractivity contribution in [2.24, 2.45) is 5.92 Å². The van der Waals surface area contributed by atoms with Crippen LogP contribution >= 0.6 is 0 Å². The molecule has 2 N–H and O–H groups in total. The van der Waals surface area contributed by atoms with Gasteiger partial charge < -0.3 is 20.0 Å². The summed E-state index contributed by atoms with van der Waals surface area (Å²) in [5.41, 5.74) is 0.905.